The van der Waals surface area contributed by atoms with Gasteiger partial charge in [-0.05, 0) is 18.2 Å². The molecule has 7 nitrogen and oxygen atoms in total. The Bertz CT molecular complexity index is 862. The highest BCUT2D eigenvalue weighted by atomic mass is 35.5. The van der Waals surface area contributed by atoms with Crippen molar-refractivity contribution >= 4 is 28.5 Å². The van der Waals surface area contributed by atoms with E-state index in [4.69, 9.17) is 22.5 Å². The van der Waals surface area contributed by atoms with Crippen LogP contribution in [0.3, 0.4) is 0 Å². The van der Waals surface area contributed by atoms with Crippen molar-refractivity contribution in [2.24, 2.45) is 5.11 Å². The Labute approximate surface area is 124 Å². The summed E-state index contributed by atoms with van der Waals surface area (Å²) in [7, 11) is 0. The molecule has 0 atom stereocenters. The van der Waals surface area contributed by atoms with E-state index in [1.807, 2.05) is 6.07 Å². The Kier molecular flexibility index (Phi) is 3.33. The van der Waals surface area contributed by atoms with Crippen molar-refractivity contribution in [3.8, 4) is 11.3 Å². The lowest BCUT2D eigenvalue weighted by molar-refractivity contribution is 1.10. The molecule has 0 saturated heterocycles. The number of nitrogens with zero attached hydrogens (tertiary/aromatic N) is 5. The van der Waals surface area contributed by atoms with E-state index < -0.39 is 0 Å². The van der Waals surface area contributed by atoms with E-state index in [-0.39, 0.29) is 11.5 Å². The summed E-state index contributed by atoms with van der Waals surface area (Å²) >= 11 is 6.21. The van der Waals surface area contributed by atoms with Crippen molar-refractivity contribution in [2.45, 2.75) is 0 Å². The van der Waals surface area contributed by atoms with Crippen LogP contribution >= 0.6 is 11.6 Å². The molecule has 102 valence electrons. The van der Waals surface area contributed by atoms with Gasteiger partial charge in [-0.1, -0.05) is 11.6 Å². The second-order valence-electron chi connectivity index (χ2n) is 4.13. The average molecular weight is 298 g/mol. The quantitative estimate of drug-likeness (QED) is 0.430. The average Bonchev–Trinajstić information content (AvgIpc) is 2.54. The van der Waals surface area contributed by atoms with Gasteiger partial charge >= 0.3 is 0 Å². The van der Waals surface area contributed by atoms with Crippen LogP contribution < -0.4 is 0 Å². The van der Waals surface area contributed by atoms with Gasteiger partial charge in [0.05, 0.1) is 16.2 Å². The molecule has 0 unspecified atom stereocenters. The van der Waals surface area contributed by atoms with Gasteiger partial charge in [-0.3, -0.25) is 15.4 Å². The third-order valence-corrected chi connectivity index (χ3v) is 3.13. The fourth-order valence-corrected chi connectivity index (χ4v) is 2.15. The maximum Gasteiger partial charge on any atom is 0.192 e. The summed E-state index contributed by atoms with van der Waals surface area (Å²) in [6.07, 6.45) is 4.48. The summed E-state index contributed by atoms with van der Waals surface area (Å²) in [6, 6.07) is 5.11. The SMILES string of the molecule is N=NC(=N)c1cc(-c2cc(Cl)c3nccnc3c2)ncn1. The molecule has 2 N–H and O–H groups in total. The summed E-state index contributed by atoms with van der Waals surface area (Å²) in [5, 5.41) is 11.0. The van der Waals surface area contributed by atoms with Crippen LogP contribution in [-0.4, -0.2) is 25.8 Å². The second kappa shape index (κ2) is 5.29. The van der Waals surface area contributed by atoms with E-state index in [0.717, 1.165) is 5.56 Å². The van der Waals surface area contributed by atoms with Crippen LogP contribution in [0.4, 0.5) is 0 Å². The van der Waals surface area contributed by atoms with Gasteiger partial charge in [-0.2, -0.15) is 0 Å². The highest BCUT2D eigenvalue weighted by Gasteiger charge is 2.09. The molecule has 0 spiro atoms. The Hall–Kier alpha value is -2.80. The zero-order valence-corrected chi connectivity index (χ0v) is 11.3. The van der Waals surface area contributed by atoms with E-state index in [2.05, 4.69) is 25.1 Å². The molecule has 1 aromatic carbocycles. The largest absolute Gasteiger partial charge is 0.280 e. The molecule has 21 heavy (non-hydrogen) atoms. The smallest absolute Gasteiger partial charge is 0.192 e. The van der Waals surface area contributed by atoms with Gasteiger partial charge < -0.3 is 0 Å². The van der Waals surface area contributed by atoms with E-state index in [9.17, 15) is 0 Å². The minimum absolute atomic E-state index is 0.231. The third kappa shape index (κ3) is 2.46. The predicted octanol–water partition coefficient (Wildman–Crippen LogP) is 3.10. The highest BCUT2D eigenvalue weighted by molar-refractivity contribution is 6.35. The normalized spacial score (nSPS) is 10.5. The molecule has 3 rings (SSSR count). The van der Waals surface area contributed by atoms with Crippen molar-refractivity contribution in [1.29, 1.82) is 10.9 Å². The molecular formula is C13H8ClN7. The van der Waals surface area contributed by atoms with Gasteiger partial charge in [0.15, 0.2) is 5.84 Å². The molecule has 2 aromatic heterocycles. The number of rotatable bonds is 2. The van der Waals surface area contributed by atoms with Crippen LogP contribution in [0.1, 0.15) is 5.69 Å². The number of benzene rings is 1. The molecule has 0 aliphatic heterocycles. The highest BCUT2D eigenvalue weighted by Crippen LogP contribution is 2.27. The van der Waals surface area contributed by atoms with E-state index in [1.54, 1.807) is 24.5 Å². The summed E-state index contributed by atoms with van der Waals surface area (Å²) < 4.78 is 0. The first-order chi connectivity index (χ1) is 10.2. The van der Waals surface area contributed by atoms with Crippen molar-refractivity contribution in [3.63, 3.8) is 0 Å². The minimum atomic E-state index is -0.231. The van der Waals surface area contributed by atoms with E-state index in [0.29, 0.717) is 21.7 Å². The first kappa shape index (κ1) is 13.2. The van der Waals surface area contributed by atoms with Crippen LogP contribution in [0.15, 0.2) is 42.0 Å². The lowest BCUT2D eigenvalue weighted by atomic mass is 10.1. The summed E-state index contributed by atoms with van der Waals surface area (Å²) in [6.45, 7) is 0. The fraction of sp³-hybridized carbons (Fsp3) is 0. The molecule has 2 heterocycles. The molecule has 0 amide bonds. The Morgan fingerprint density at radius 3 is 2.67 bits per heavy atom. The number of nitrogens with one attached hydrogen (secondary N) is 2. The Morgan fingerprint density at radius 1 is 1.05 bits per heavy atom. The van der Waals surface area contributed by atoms with Crippen LogP contribution in [0.2, 0.25) is 5.02 Å². The van der Waals surface area contributed by atoms with E-state index in [1.165, 1.54) is 6.33 Å². The van der Waals surface area contributed by atoms with Crippen LogP contribution in [0, 0.1) is 10.9 Å². The summed E-state index contributed by atoms with van der Waals surface area (Å²) in [5.41, 5.74) is 9.71. The van der Waals surface area contributed by atoms with Gasteiger partial charge in [0.25, 0.3) is 0 Å². The Morgan fingerprint density at radius 2 is 1.86 bits per heavy atom. The molecule has 8 heteroatoms. The molecule has 0 aliphatic carbocycles. The zero-order valence-electron chi connectivity index (χ0n) is 10.6. The number of halogens is 1. The first-order valence-corrected chi connectivity index (χ1v) is 6.26. The lowest BCUT2D eigenvalue weighted by Gasteiger charge is -2.05. The topological polar surface area (TPSA) is 112 Å². The number of fused-ring (bicyclic) bond motifs is 1. The first-order valence-electron chi connectivity index (χ1n) is 5.88. The van der Waals surface area contributed by atoms with Gasteiger partial charge in [0, 0.05) is 18.0 Å². The molecule has 0 saturated carbocycles. The Balaban J connectivity index is 2.16. The van der Waals surface area contributed by atoms with Crippen molar-refractivity contribution < 1.29 is 0 Å². The molecule has 0 fully saturated rings. The van der Waals surface area contributed by atoms with Crippen LogP contribution in [0.5, 0.6) is 0 Å². The van der Waals surface area contributed by atoms with Gasteiger partial charge in [0.2, 0.25) is 0 Å². The second-order valence-corrected chi connectivity index (χ2v) is 4.54. The van der Waals surface area contributed by atoms with Gasteiger partial charge in [0.1, 0.15) is 17.5 Å². The maximum atomic E-state index is 7.52. The van der Waals surface area contributed by atoms with Crippen LogP contribution in [0.25, 0.3) is 22.3 Å². The van der Waals surface area contributed by atoms with Gasteiger partial charge in [-0.25, -0.2) is 15.5 Å². The number of hydrogen-bond donors (Lipinski definition) is 2. The van der Waals surface area contributed by atoms with Crippen molar-refractivity contribution in [1.82, 2.24) is 19.9 Å². The van der Waals surface area contributed by atoms with Crippen molar-refractivity contribution in [2.75, 3.05) is 0 Å². The molecule has 0 bridgehead atoms. The number of amidine groups is 1. The molecule has 0 aliphatic rings. The number of hydrogen-bond acceptors (Lipinski definition) is 6. The predicted molar refractivity (Wildman–Crippen MR) is 77.6 cm³/mol. The van der Waals surface area contributed by atoms with Gasteiger partial charge in [-0.15, -0.1) is 5.11 Å². The van der Waals surface area contributed by atoms with E-state index >= 15 is 0 Å². The third-order valence-electron chi connectivity index (χ3n) is 2.84. The zero-order chi connectivity index (χ0) is 14.8. The summed E-state index contributed by atoms with van der Waals surface area (Å²) in [4.78, 5) is 16.5. The fourth-order valence-electron chi connectivity index (χ4n) is 1.88. The number of aromatic nitrogens is 4. The minimum Gasteiger partial charge on any atom is -0.280 e. The monoisotopic (exact) mass is 297 g/mol. The summed E-state index contributed by atoms with van der Waals surface area (Å²) in [5.74, 6) is -0.231. The molecule has 0 radical (unpaired) electrons. The van der Waals surface area contributed by atoms with Crippen molar-refractivity contribution in [3.05, 3.63) is 47.6 Å². The lowest BCUT2D eigenvalue weighted by Crippen LogP contribution is -1.99. The maximum absolute atomic E-state index is 7.52. The van der Waals surface area contributed by atoms with Crippen LogP contribution in [-0.2, 0) is 0 Å². The molecule has 3 aromatic rings. The standard InChI is InChI=1S/C13H8ClN7/c14-8-3-7(4-10-12(8)18-2-1-17-10)9-5-11(13(15)21-16)20-6-19-9/h1-6,15-16H. The molecular weight excluding hydrogens is 290 g/mol.